The summed E-state index contributed by atoms with van der Waals surface area (Å²) < 4.78 is 27.3. The molecule has 17 nitrogen and oxygen atoms in total. The van der Waals surface area contributed by atoms with Gasteiger partial charge in [-0.1, -0.05) is 6.07 Å². The van der Waals surface area contributed by atoms with Crippen LogP contribution < -0.4 is 24.5 Å². The van der Waals surface area contributed by atoms with Gasteiger partial charge in [-0.15, -0.1) is 20.2 Å². The summed E-state index contributed by atoms with van der Waals surface area (Å²) >= 11 is 0. The number of H-pyrrole nitrogens is 1. The Labute approximate surface area is 266 Å². The van der Waals surface area contributed by atoms with Crippen LogP contribution in [0.1, 0.15) is 21.5 Å². The Bertz CT molecular complexity index is 1820. The molecule has 1 N–H and O–H groups in total. The van der Waals surface area contributed by atoms with Crippen LogP contribution in [0.2, 0.25) is 0 Å². The van der Waals surface area contributed by atoms with Crippen LogP contribution in [-0.2, 0) is 14.4 Å². The molecule has 1 aromatic heterocycles. The Kier molecular flexibility index (Phi) is 10.9. The molecule has 0 saturated heterocycles. The number of nitrogens with zero attached hydrogens (tertiary/aromatic N) is 3. The van der Waals surface area contributed by atoms with Crippen molar-refractivity contribution in [2.24, 2.45) is 0 Å². The molecule has 0 aliphatic carbocycles. The van der Waals surface area contributed by atoms with Crippen molar-refractivity contribution in [2.45, 2.75) is 20.0 Å². The second-order valence-corrected chi connectivity index (χ2v) is 9.87. The molecule has 0 bridgehead atoms. The predicted octanol–water partition coefficient (Wildman–Crippen LogP) is 3.62. The number of carbonyl (C=O) groups excluding carboxylic acids is 1. The average Bonchev–Trinajstić information content (AvgIpc) is 3.04. The van der Waals surface area contributed by atoms with E-state index in [4.69, 9.17) is 23.7 Å². The minimum absolute atomic E-state index is 0.0317. The van der Waals surface area contributed by atoms with Crippen LogP contribution in [0.25, 0.3) is 22.3 Å². The van der Waals surface area contributed by atoms with E-state index in [0.29, 0.717) is 39.5 Å². The molecule has 0 amide bonds. The fourth-order valence-electron chi connectivity index (χ4n) is 4.58. The summed E-state index contributed by atoms with van der Waals surface area (Å²) in [6, 6.07) is 12.7. The van der Waals surface area contributed by atoms with Gasteiger partial charge in [-0.25, -0.2) is 9.78 Å². The quantitative estimate of drug-likeness (QED) is 0.0791. The number of methoxy groups -OCH3 is 2. The first kappa shape index (κ1) is 33.8. The van der Waals surface area contributed by atoms with E-state index in [1.165, 1.54) is 38.5 Å². The topological polar surface area (TPSA) is 214 Å². The van der Waals surface area contributed by atoms with Gasteiger partial charge in [0.1, 0.15) is 60.6 Å². The van der Waals surface area contributed by atoms with Gasteiger partial charge in [-0.2, -0.15) is 0 Å². The summed E-state index contributed by atoms with van der Waals surface area (Å²) in [5.74, 6) is 1.21. The van der Waals surface area contributed by atoms with Crippen LogP contribution in [0.4, 0.5) is 0 Å². The number of hydrogen-bond acceptors (Lipinski definition) is 14. The number of aryl methyl sites for hydroxylation is 2. The number of ether oxygens (including phenoxy) is 5. The first-order valence-corrected chi connectivity index (χ1v) is 13.9. The Morgan fingerprint density at radius 1 is 0.915 bits per heavy atom. The van der Waals surface area contributed by atoms with Crippen molar-refractivity contribution in [3.63, 3.8) is 0 Å². The summed E-state index contributed by atoms with van der Waals surface area (Å²) in [6.45, 7) is 2.41. The first-order chi connectivity index (χ1) is 22.5. The number of rotatable bonds is 16. The minimum Gasteiger partial charge on any atom is -0.497 e. The van der Waals surface area contributed by atoms with Gasteiger partial charge in [-0.05, 0) is 55.3 Å². The van der Waals surface area contributed by atoms with Crippen molar-refractivity contribution in [3.05, 3.63) is 95.8 Å². The lowest BCUT2D eigenvalue weighted by molar-refractivity contribution is -0.790. The molecular formula is C30H30N4O13. The van der Waals surface area contributed by atoms with Crippen LogP contribution in [0, 0.1) is 34.1 Å². The second-order valence-electron chi connectivity index (χ2n) is 9.87. The van der Waals surface area contributed by atoms with Crippen molar-refractivity contribution in [1.82, 2.24) is 9.97 Å². The fraction of sp³-hybridized carbons (Fsp3) is 0.300. The van der Waals surface area contributed by atoms with E-state index in [-0.39, 0.29) is 30.1 Å². The number of fused-ring (bicyclic) bond motifs is 1. The summed E-state index contributed by atoms with van der Waals surface area (Å²) in [6.07, 6.45) is -1.39. The summed E-state index contributed by atoms with van der Waals surface area (Å²) in [7, 11) is 2.97. The monoisotopic (exact) mass is 654 g/mol. The molecule has 1 heterocycles. The molecule has 4 aromatic rings. The van der Waals surface area contributed by atoms with Gasteiger partial charge in [0.15, 0.2) is 6.10 Å². The Balaban J connectivity index is 1.36. The molecule has 0 aliphatic heterocycles. The number of esters is 1. The molecule has 17 heteroatoms. The average molecular weight is 655 g/mol. The Hall–Kier alpha value is -6.13. The van der Waals surface area contributed by atoms with Gasteiger partial charge in [-0.3, -0.25) is 4.79 Å². The summed E-state index contributed by atoms with van der Waals surface area (Å²) in [5.41, 5.74) is 2.33. The third-order valence-electron chi connectivity index (χ3n) is 6.60. The van der Waals surface area contributed by atoms with Crippen molar-refractivity contribution < 1.29 is 48.3 Å². The van der Waals surface area contributed by atoms with Crippen molar-refractivity contribution in [3.8, 4) is 34.4 Å². The molecule has 0 aliphatic rings. The minimum atomic E-state index is -1.39. The fourth-order valence-corrected chi connectivity index (χ4v) is 4.58. The second kappa shape index (κ2) is 15.2. The highest BCUT2D eigenvalue weighted by atomic mass is 17.0. The van der Waals surface area contributed by atoms with E-state index in [1.807, 2.05) is 26.0 Å². The van der Waals surface area contributed by atoms with E-state index in [1.54, 1.807) is 12.1 Å². The molecule has 1 unspecified atom stereocenters. The van der Waals surface area contributed by atoms with Crippen LogP contribution in [-0.4, -0.2) is 72.9 Å². The molecular weight excluding hydrogens is 624 g/mol. The van der Waals surface area contributed by atoms with E-state index in [9.17, 15) is 29.8 Å². The molecule has 1 atom stereocenters. The highest BCUT2D eigenvalue weighted by molar-refractivity contribution is 5.90. The number of benzene rings is 3. The first-order valence-electron chi connectivity index (χ1n) is 13.9. The van der Waals surface area contributed by atoms with Gasteiger partial charge < -0.3 is 38.3 Å². The zero-order valence-electron chi connectivity index (χ0n) is 25.7. The lowest BCUT2D eigenvalue weighted by Gasteiger charge is -2.15. The summed E-state index contributed by atoms with van der Waals surface area (Å²) in [5, 5.41) is 19.1. The van der Waals surface area contributed by atoms with Crippen LogP contribution in [0.15, 0.2) is 53.3 Å². The van der Waals surface area contributed by atoms with E-state index >= 15 is 0 Å². The zero-order valence-corrected chi connectivity index (χ0v) is 25.7. The molecule has 0 fully saturated rings. The van der Waals surface area contributed by atoms with Gasteiger partial charge in [0.25, 0.3) is 15.7 Å². The third kappa shape index (κ3) is 8.74. The maximum Gasteiger partial charge on any atom is 0.338 e. The maximum atomic E-state index is 12.9. The van der Waals surface area contributed by atoms with Crippen molar-refractivity contribution >= 4 is 16.9 Å². The van der Waals surface area contributed by atoms with Gasteiger partial charge in [0.05, 0.1) is 25.3 Å². The molecule has 3 aromatic carbocycles. The van der Waals surface area contributed by atoms with Gasteiger partial charge in [0.2, 0.25) is 0 Å². The van der Waals surface area contributed by atoms with E-state index < -0.39 is 35.5 Å². The number of carbonyl (C=O) groups is 1. The number of aromatic amines is 1. The molecule has 0 saturated carbocycles. The Morgan fingerprint density at radius 2 is 1.66 bits per heavy atom. The Morgan fingerprint density at radius 3 is 2.32 bits per heavy atom. The standard InChI is InChI=1S/C30H30N4O13/c1-17-10-20(28-31-24-13-22(41-3)14-25(42-4)26(24)29(35)32-28)11-18(2)27(17)43-8-9-44-30(36)19-6-5-7-21(12-19)45-15-23(47-34(39)40)16-46-33(37)38/h5-7,10-14,23H,8-9,15-16H2,1-4H3,(H,31,32,35). The van der Waals surface area contributed by atoms with Gasteiger partial charge in [0, 0.05) is 17.7 Å². The largest absolute Gasteiger partial charge is 0.497 e. The smallest absolute Gasteiger partial charge is 0.338 e. The lowest BCUT2D eigenvalue weighted by atomic mass is 10.0. The van der Waals surface area contributed by atoms with Crippen LogP contribution in [0.5, 0.6) is 23.0 Å². The molecule has 4 rings (SSSR count). The van der Waals surface area contributed by atoms with Crippen molar-refractivity contribution in [2.75, 3.05) is 40.6 Å². The molecule has 0 radical (unpaired) electrons. The van der Waals surface area contributed by atoms with E-state index in [2.05, 4.69) is 19.6 Å². The lowest BCUT2D eigenvalue weighted by Crippen LogP contribution is -2.30. The normalized spacial score (nSPS) is 11.3. The number of hydrogen-bond donors (Lipinski definition) is 1. The van der Waals surface area contributed by atoms with E-state index in [0.717, 1.165) is 11.1 Å². The predicted molar refractivity (Wildman–Crippen MR) is 163 cm³/mol. The third-order valence-corrected chi connectivity index (χ3v) is 6.60. The number of nitrogens with one attached hydrogen (secondary N) is 1. The van der Waals surface area contributed by atoms with Gasteiger partial charge >= 0.3 is 5.97 Å². The highest BCUT2D eigenvalue weighted by Gasteiger charge is 2.18. The van der Waals surface area contributed by atoms with Crippen LogP contribution >= 0.6 is 0 Å². The maximum absolute atomic E-state index is 12.9. The van der Waals surface area contributed by atoms with Crippen LogP contribution in [0.3, 0.4) is 0 Å². The SMILES string of the molecule is COc1cc(OC)c2c(=O)[nH]c(-c3cc(C)c(OCCOC(=O)c4cccc(OCC(CO[N+](=O)[O-])O[N+](=O)[O-])c4)c(C)c3)nc2c1. The highest BCUT2D eigenvalue weighted by Crippen LogP contribution is 2.31. The number of aromatic nitrogens is 2. The molecule has 0 spiro atoms. The van der Waals surface area contributed by atoms with Crippen molar-refractivity contribution in [1.29, 1.82) is 0 Å². The molecule has 248 valence electrons. The zero-order chi connectivity index (χ0) is 34.1. The summed E-state index contributed by atoms with van der Waals surface area (Å²) in [4.78, 5) is 62.4. The molecule has 47 heavy (non-hydrogen) atoms.